The van der Waals surface area contributed by atoms with Gasteiger partial charge in [-0.25, -0.2) is 0 Å². The summed E-state index contributed by atoms with van der Waals surface area (Å²) in [5, 5.41) is 3.68. The number of nitrogens with one attached hydrogen (secondary N) is 1. The predicted octanol–water partition coefficient (Wildman–Crippen LogP) is 4.14. The molecule has 1 unspecified atom stereocenters. The fourth-order valence-electron chi connectivity index (χ4n) is 4.78. The van der Waals surface area contributed by atoms with Gasteiger partial charge in [0.05, 0.1) is 11.7 Å². The molecule has 0 aromatic heterocycles. The molecule has 1 spiro atoms. The van der Waals surface area contributed by atoms with Crippen LogP contribution in [0.4, 0.5) is 0 Å². The van der Waals surface area contributed by atoms with Gasteiger partial charge < -0.3 is 10.1 Å². The van der Waals surface area contributed by atoms with E-state index in [2.05, 4.69) is 26.1 Å². The van der Waals surface area contributed by atoms with Gasteiger partial charge in [-0.2, -0.15) is 0 Å². The van der Waals surface area contributed by atoms with Gasteiger partial charge in [-0.05, 0) is 55.8 Å². The molecule has 3 rings (SSSR count). The Morgan fingerprint density at radius 1 is 1.00 bits per heavy atom. The van der Waals surface area contributed by atoms with Crippen molar-refractivity contribution in [3.63, 3.8) is 0 Å². The molecule has 2 nitrogen and oxygen atoms in total. The molecule has 1 saturated heterocycles. The van der Waals surface area contributed by atoms with Gasteiger partial charge in [-0.15, -0.1) is 0 Å². The maximum atomic E-state index is 6.63. The highest BCUT2D eigenvalue weighted by molar-refractivity contribution is 4.95. The van der Waals surface area contributed by atoms with Crippen LogP contribution in [-0.2, 0) is 4.74 Å². The van der Waals surface area contributed by atoms with Crippen LogP contribution in [0, 0.1) is 17.3 Å². The summed E-state index contributed by atoms with van der Waals surface area (Å²) in [6, 6.07) is 0. The third-order valence-electron chi connectivity index (χ3n) is 6.23. The van der Waals surface area contributed by atoms with Gasteiger partial charge in [0.25, 0.3) is 0 Å². The molecule has 3 aliphatic rings. The molecule has 1 atom stereocenters. The quantitative estimate of drug-likeness (QED) is 0.779. The molecule has 1 heterocycles. The summed E-state index contributed by atoms with van der Waals surface area (Å²) in [4.78, 5) is 0. The van der Waals surface area contributed by atoms with Crippen molar-refractivity contribution in [3.8, 4) is 0 Å². The smallest absolute Gasteiger partial charge is 0.0810 e. The van der Waals surface area contributed by atoms with E-state index in [1.807, 2.05) is 0 Å². The van der Waals surface area contributed by atoms with Crippen molar-refractivity contribution in [2.24, 2.45) is 17.3 Å². The Morgan fingerprint density at radius 3 is 2.25 bits per heavy atom. The highest BCUT2D eigenvalue weighted by Crippen LogP contribution is 2.43. The molecule has 2 saturated carbocycles. The lowest BCUT2D eigenvalue weighted by molar-refractivity contribution is -0.139. The summed E-state index contributed by atoms with van der Waals surface area (Å²) >= 11 is 0. The summed E-state index contributed by atoms with van der Waals surface area (Å²) in [5.41, 5.74) is 0.701. The monoisotopic (exact) mass is 279 g/mol. The highest BCUT2D eigenvalue weighted by atomic mass is 16.5. The van der Waals surface area contributed by atoms with Gasteiger partial charge in [-0.3, -0.25) is 0 Å². The Kier molecular flexibility index (Phi) is 4.16. The van der Waals surface area contributed by atoms with E-state index in [4.69, 9.17) is 4.74 Å². The molecule has 1 N–H and O–H groups in total. The fraction of sp³-hybridized carbons (Fsp3) is 1.00. The summed E-state index contributed by atoms with van der Waals surface area (Å²) in [7, 11) is 0. The zero-order valence-corrected chi connectivity index (χ0v) is 13.7. The molecule has 0 bridgehead atoms. The first-order chi connectivity index (χ1) is 9.49. The van der Waals surface area contributed by atoms with Crippen LogP contribution in [0.3, 0.4) is 0 Å². The van der Waals surface area contributed by atoms with Crippen molar-refractivity contribution in [1.29, 1.82) is 0 Å². The number of hydrogen-bond donors (Lipinski definition) is 1. The first-order valence-corrected chi connectivity index (χ1v) is 8.87. The predicted molar refractivity (Wildman–Crippen MR) is 83.8 cm³/mol. The van der Waals surface area contributed by atoms with Crippen LogP contribution in [0.15, 0.2) is 0 Å². The molecule has 0 amide bonds. The molecule has 20 heavy (non-hydrogen) atoms. The normalized spacial score (nSPS) is 38.2. The van der Waals surface area contributed by atoms with E-state index in [1.54, 1.807) is 0 Å². The van der Waals surface area contributed by atoms with Crippen LogP contribution >= 0.6 is 0 Å². The number of rotatable bonds is 1. The summed E-state index contributed by atoms with van der Waals surface area (Å²) in [5.74, 6) is 1.72. The topological polar surface area (TPSA) is 21.3 Å². The lowest BCUT2D eigenvalue weighted by Crippen LogP contribution is -2.55. The minimum absolute atomic E-state index is 0.212. The number of hydrogen-bond acceptors (Lipinski definition) is 2. The van der Waals surface area contributed by atoms with Crippen molar-refractivity contribution >= 4 is 0 Å². The molecule has 0 radical (unpaired) electrons. The lowest BCUT2D eigenvalue weighted by Gasteiger charge is -2.45. The Balaban J connectivity index is 1.55. The zero-order chi connectivity index (χ0) is 14.2. The van der Waals surface area contributed by atoms with E-state index in [0.717, 1.165) is 24.9 Å². The van der Waals surface area contributed by atoms with Gasteiger partial charge in [0, 0.05) is 13.1 Å². The molecule has 116 valence electrons. The average Bonchev–Trinajstić information content (AvgIpc) is 2.86. The second-order valence-electron chi connectivity index (χ2n) is 8.66. The van der Waals surface area contributed by atoms with Crippen LogP contribution < -0.4 is 5.32 Å². The van der Waals surface area contributed by atoms with Gasteiger partial charge in [0.15, 0.2) is 0 Å². The molecular weight excluding hydrogens is 246 g/mol. The van der Waals surface area contributed by atoms with E-state index in [0.29, 0.717) is 11.5 Å². The Hall–Kier alpha value is -0.0800. The van der Waals surface area contributed by atoms with Crippen LogP contribution in [0.2, 0.25) is 0 Å². The molecule has 3 fully saturated rings. The van der Waals surface area contributed by atoms with Gasteiger partial charge >= 0.3 is 0 Å². The van der Waals surface area contributed by atoms with Crippen LogP contribution in [0.1, 0.15) is 72.1 Å². The third kappa shape index (κ3) is 3.06. The van der Waals surface area contributed by atoms with Crippen LogP contribution in [-0.4, -0.2) is 24.8 Å². The molecule has 0 aromatic rings. The van der Waals surface area contributed by atoms with Crippen LogP contribution in [0.5, 0.6) is 0 Å². The zero-order valence-electron chi connectivity index (χ0n) is 13.7. The van der Waals surface area contributed by atoms with Gasteiger partial charge in [-0.1, -0.05) is 33.6 Å². The average molecular weight is 279 g/mol. The molecule has 1 aliphatic heterocycles. The SMILES string of the molecule is CC(C)(C)C1CCC(C2CNCC3(CCCC3)O2)CC1. The first-order valence-electron chi connectivity index (χ1n) is 8.87. The highest BCUT2D eigenvalue weighted by Gasteiger charge is 2.42. The maximum Gasteiger partial charge on any atom is 0.0810 e. The summed E-state index contributed by atoms with van der Waals surface area (Å²) < 4.78 is 6.63. The van der Waals surface area contributed by atoms with Crippen molar-refractivity contribution in [2.75, 3.05) is 13.1 Å². The van der Waals surface area contributed by atoms with Gasteiger partial charge in [0.1, 0.15) is 0 Å². The van der Waals surface area contributed by atoms with Crippen molar-refractivity contribution in [2.45, 2.75) is 83.8 Å². The standard InChI is InChI=1S/C18H33NO/c1-17(2,3)15-8-6-14(7-9-15)16-12-19-13-18(20-16)10-4-5-11-18/h14-16,19H,4-13H2,1-3H3. The molecular formula is C18H33NO. The Labute approximate surface area is 125 Å². The first kappa shape index (κ1) is 14.8. The summed E-state index contributed by atoms with van der Waals surface area (Å²) in [6.45, 7) is 9.41. The molecule has 0 aromatic carbocycles. The minimum atomic E-state index is 0.212. The van der Waals surface area contributed by atoms with Crippen molar-refractivity contribution in [1.82, 2.24) is 5.32 Å². The number of morpholine rings is 1. The van der Waals surface area contributed by atoms with E-state index in [1.165, 1.54) is 51.4 Å². The van der Waals surface area contributed by atoms with Gasteiger partial charge in [0.2, 0.25) is 0 Å². The second kappa shape index (κ2) is 5.61. The minimum Gasteiger partial charge on any atom is -0.369 e. The Bertz CT molecular complexity index is 319. The summed E-state index contributed by atoms with van der Waals surface area (Å²) in [6.07, 6.45) is 11.4. The van der Waals surface area contributed by atoms with E-state index >= 15 is 0 Å². The van der Waals surface area contributed by atoms with E-state index < -0.39 is 0 Å². The second-order valence-corrected chi connectivity index (χ2v) is 8.66. The lowest BCUT2D eigenvalue weighted by atomic mass is 9.68. The fourth-order valence-corrected chi connectivity index (χ4v) is 4.78. The molecule has 2 aliphatic carbocycles. The Morgan fingerprint density at radius 2 is 1.65 bits per heavy atom. The number of ether oxygens (including phenoxy) is 1. The van der Waals surface area contributed by atoms with Crippen LogP contribution in [0.25, 0.3) is 0 Å². The van der Waals surface area contributed by atoms with Crippen molar-refractivity contribution < 1.29 is 4.74 Å². The van der Waals surface area contributed by atoms with E-state index in [9.17, 15) is 0 Å². The molecule has 2 heteroatoms. The maximum absolute atomic E-state index is 6.63. The largest absolute Gasteiger partial charge is 0.369 e. The van der Waals surface area contributed by atoms with E-state index in [-0.39, 0.29) is 5.60 Å². The third-order valence-corrected chi connectivity index (χ3v) is 6.23. The van der Waals surface area contributed by atoms with Crippen molar-refractivity contribution in [3.05, 3.63) is 0 Å².